The number of amides is 1. The summed E-state index contributed by atoms with van der Waals surface area (Å²) in [5.74, 6) is -1.16. The Morgan fingerprint density at radius 3 is 2.72 bits per heavy atom. The molecule has 7 nitrogen and oxygen atoms in total. The molecule has 0 aliphatic heterocycles. The van der Waals surface area contributed by atoms with Crippen molar-refractivity contribution >= 4 is 23.4 Å². The van der Waals surface area contributed by atoms with Crippen LogP contribution in [0.25, 0.3) is 0 Å². The van der Waals surface area contributed by atoms with Crippen molar-refractivity contribution < 1.29 is 14.7 Å². The smallest absolute Gasteiger partial charge is 0.339 e. The first-order valence-electron chi connectivity index (χ1n) is 5.51. The van der Waals surface area contributed by atoms with E-state index >= 15 is 0 Å². The first-order valence-corrected chi connectivity index (χ1v) is 5.51. The van der Waals surface area contributed by atoms with E-state index in [1.54, 1.807) is 0 Å². The van der Waals surface area contributed by atoms with Crippen molar-refractivity contribution in [3.63, 3.8) is 0 Å². The molecule has 0 atom stereocenters. The van der Waals surface area contributed by atoms with Crippen LogP contribution in [0.15, 0.2) is 12.3 Å². The Bertz CT molecular complexity index is 448. The molecule has 0 saturated heterocycles. The van der Waals surface area contributed by atoms with Crippen molar-refractivity contribution in [1.82, 2.24) is 4.98 Å². The molecule has 1 amide bonds. The fourth-order valence-corrected chi connectivity index (χ4v) is 1.42. The van der Waals surface area contributed by atoms with Crippen LogP contribution in [0.2, 0.25) is 0 Å². The van der Waals surface area contributed by atoms with E-state index in [2.05, 4.69) is 10.3 Å². The Hall–Kier alpha value is -2.31. The normalized spacial score (nSPS) is 10.0. The number of carboxylic acid groups (broad SMARTS) is 1. The molecular weight excluding hydrogens is 236 g/mol. The van der Waals surface area contributed by atoms with Crippen molar-refractivity contribution in [3.05, 3.63) is 17.8 Å². The molecule has 1 heterocycles. The van der Waals surface area contributed by atoms with Crippen molar-refractivity contribution in [2.45, 2.75) is 19.3 Å². The lowest BCUT2D eigenvalue weighted by Crippen LogP contribution is -2.12. The van der Waals surface area contributed by atoms with Crippen molar-refractivity contribution in [1.29, 1.82) is 0 Å². The average Bonchev–Trinajstić information content (AvgIpc) is 2.29. The third-order valence-corrected chi connectivity index (χ3v) is 2.28. The summed E-state index contributed by atoms with van der Waals surface area (Å²) in [6.45, 7) is 0.518. The molecule has 0 bridgehead atoms. The maximum Gasteiger partial charge on any atom is 0.339 e. The number of carboxylic acids is 1. The third-order valence-electron chi connectivity index (χ3n) is 2.28. The summed E-state index contributed by atoms with van der Waals surface area (Å²) in [7, 11) is 0. The van der Waals surface area contributed by atoms with Gasteiger partial charge in [0.15, 0.2) is 0 Å². The standard InChI is InChI=1S/C11H16N4O3/c12-7-5-8(11(17)18)10(15-6-7)14-4-2-1-3-9(13)16/h5-6H,1-4,12H2,(H2,13,16)(H,14,15)(H,17,18). The molecule has 18 heavy (non-hydrogen) atoms. The predicted molar refractivity (Wildman–Crippen MR) is 67.1 cm³/mol. The van der Waals surface area contributed by atoms with Gasteiger partial charge in [-0.1, -0.05) is 0 Å². The number of carbonyl (C=O) groups is 2. The Morgan fingerprint density at radius 2 is 2.11 bits per heavy atom. The summed E-state index contributed by atoms with van der Waals surface area (Å²) in [4.78, 5) is 25.4. The van der Waals surface area contributed by atoms with E-state index in [1.165, 1.54) is 12.3 Å². The molecule has 0 aliphatic rings. The number of aromatic nitrogens is 1. The van der Waals surface area contributed by atoms with Gasteiger partial charge < -0.3 is 21.9 Å². The molecule has 0 saturated carbocycles. The Morgan fingerprint density at radius 1 is 1.39 bits per heavy atom. The molecule has 0 aliphatic carbocycles. The molecule has 0 unspecified atom stereocenters. The molecule has 0 fully saturated rings. The number of nitrogen functional groups attached to an aromatic ring is 1. The zero-order chi connectivity index (χ0) is 13.5. The number of primary amides is 1. The minimum Gasteiger partial charge on any atom is -0.478 e. The monoisotopic (exact) mass is 252 g/mol. The van der Waals surface area contributed by atoms with Crippen LogP contribution >= 0.6 is 0 Å². The molecule has 7 heteroatoms. The molecule has 1 aromatic rings. The maximum absolute atomic E-state index is 11.0. The van der Waals surface area contributed by atoms with Crippen LogP contribution in [0.3, 0.4) is 0 Å². The molecule has 0 aromatic carbocycles. The number of aromatic carboxylic acids is 1. The summed E-state index contributed by atoms with van der Waals surface area (Å²) < 4.78 is 0. The van der Waals surface area contributed by atoms with Crippen molar-refractivity contribution in [3.8, 4) is 0 Å². The Labute approximate surface area is 104 Å². The topological polar surface area (TPSA) is 131 Å². The number of nitrogens with one attached hydrogen (secondary N) is 1. The molecule has 0 spiro atoms. The zero-order valence-corrected chi connectivity index (χ0v) is 9.85. The largest absolute Gasteiger partial charge is 0.478 e. The van der Waals surface area contributed by atoms with Gasteiger partial charge in [-0.15, -0.1) is 0 Å². The number of carbonyl (C=O) groups excluding carboxylic acids is 1. The number of nitrogens with zero attached hydrogens (tertiary/aromatic N) is 1. The number of nitrogens with two attached hydrogens (primary N) is 2. The van der Waals surface area contributed by atoms with Gasteiger partial charge in [-0.05, 0) is 18.9 Å². The van der Waals surface area contributed by atoms with Gasteiger partial charge in [-0.2, -0.15) is 0 Å². The van der Waals surface area contributed by atoms with Crippen LogP contribution in [-0.2, 0) is 4.79 Å². The van der Waals surface area contributed by atoms with E-state index in [0.717, 1.165) is 0 Å². The summed E-state index contributed by atoms with van der Waals surface area (Å²) in [6, 6.07) is 1.35. The van der Waals surface area contributed by atoms with E-state index in [1.807, 2.05) is 0 Å². The number of pyridine rings is 1. The van der Waals surface area contributed by atoms with Gasteiger partial charge in [0, 0.05) is 13.0 Å². The highest BCUT2D eigenvalue weighted by molar-refractivity contribution is 5.94. The Kier molecular flexibility index (Phi) is 4.91. The SMILES string of the molecule is NC(=O)CCCCNc1ncc(N)cc1C(=O)O. The summed E-state index contributed by atoms with van der Waals surface area (Å²) in [5, 5.41) is 11.9. The van der Waals surface area contributed by atoms with Gasteiger partial charge >= 0.3 is 5.97 Å². The van der Waals surface area contributed by atoms with Gasteiger partial charge in [-0.25, -0.2) is 9.78 Å². The lowest BCUT2D eigenvalue weighted by Gasteiger charge is -2.08. The fraction of sp³-hybridized carbons (Fsp3) is 0.364. The second kappa shape index (κ2) is 6.43. The van der Waals surface area contributed by atoms with Gasteiger partial charge in [-0.3, -0.25) is 4.79 Å². The van der Waals surface area contributed by atoms with Crippen molar-refractivity contribution in [2.24, 2.45) is 5.73 Å². The molecule has 1 rings (SSSR count). The molecule has 98 valence electrons. The first kappa shape index (κ1) is 13.8. The van der Waals surface area contributed by atoms with Crippen LogP contribution in [-0.4, -0.2) is 28.5 Å². The maximum atomic E-state index is 11.0. The second-order valence-corrected chi connectivity index (χ2v) is 3.82. The van der Waals surface area contributed by atoms with E-state index in [9.17, 15) is 9.59 Å². The summed E-state index contributed by atoms with van der Waals surface area (Å²) in [5.41, 5.74) is 10.8. The third kappa shape index (κ3) is 4.28. The van der Waals surface area contributed by atoms with Gasteiger partial charge in [0.25, 0.3) is 0 Å². The van der Waals surface area contributed by atoms with Crippen molar-refractivity contribution in [2.75, 3.05) is 17.6 Å². The van der Waals surface area contributed by atoms with Gasteiger partial charge in [0.1, 0.15) is 11.4 Å². The summed E-state index contributed by atoms with van der Waals surface area (Å²) >= 11 is 0. The highest BCUT2D eigenvalue weighted by Crippen LogP contribution is 2.15. The number of hydrogen-bond acceptors (Lipinski definition) is 5. The van der Waals surface area contributed by atoms with Crippen LogP contribution in [0.5, 0.6) is 0 Å². The highest BCUT2D eigenvalue weighted by Gasteiger charge is 2.11. The number of anilines is 2. The highest BCUT2D eigenvalue weighted by atomic mass is 16.4. The van der Waals surface area contributed by atoms with Crippen LogP contribution in [0, 0.1) is 0 Å². The molecule has 6 N–H and O–H groups in total. The molecule has 0 radical (unpaired) electrons. The van der Waals surface area contributed by atoms with E-state index in [0.29, 0.717) is 31.5 Å². The van der Waals surface area contributed by atoms with Gasteiger partial charge in [0.2, 0.25) is 5.91 Å². The molecule has 1 aromatic heterocycles. The quantitative estimate of drug-likeness (QED) is 0.520. The Balaban J connectivity index is 2.51. The van der Waals surface area contributed by atoms with E-state index in [4.69, 9.17) is 16.6 Å². The van der Waals surface area contributed by atoms with Gasteiger partial charge in [0.05, 0.1) is 11.9 Å². The van der Waals surface area contributed by atoms with Crippen LogP contribution in [0.4, 0.5) is 11.5 Å². The number of rotatable bonds is 7. The average molecular weight is 252 g/mol. The fourth-order valence-electron chi connectivity index (χ4n) is 1.42. The zero-order valence-electron chi connectivity index (χ0n) is 9.85. The summed E-state index contributed by atoms with van der Waals surface area (Å²) in [6.07, 6.45) is 3.06. The van der Waals surface area contributed by atoms with Crippen LogP contribution in [0.1, 0.15) is 29.6 Å². The minimum atomic E-state index is -1.09. The second-order valence-electron chi connectivity index (χ2n) is 3.82. The number of hydrogen-bond donors (Lipinski definition) is 4. The van der Waals surface area contributed by atoms with Crippen LogP contribution < -0.4 is 16.8 Å². The van der Waals surface area contributed by atoms with E-state index < -0.39 is 5.97 Å². The predicted octanol–water partition coefficient (Wildman–Crippen LogP) is 0.429. The lowest BCUT2D eigenvalue weighted by atomic mass is 10.2. The lowest BCUT2D eigenvalue weighted by molar-refractivity contribution is -0.118. The first-order chi connectivity index (χ1) is 8.50. The van der Waals surface area contributed by atoms with E-state index in [-0.39, 0.29) is 17.3 Å². The minimum absolute atomic E-state index is 0.0323. The molecular formula is C11H16N4O3. The number of unbranched alkanes of at least 4 members (excludes halogenated alkanes) is 1.